The first kappa shape index (κ1) is 24.0. The zero-order chi connectivity index (χ0) is 27.1. The Balaban J connectivity index is 1.40. The minimum atomic E-state index is -0.106. The van der Waals surface area contributed by atoms with Crippen LogP contribution < -0.4 is 4.90 Å². The first-order chi connectivity index (χ1) is 19.6. The van der Waals surface area contributed by atoms with Crippen LogP contribution in [0.1, 0.15) is 25.0 Å². The smallest absolute Gasteiger partial charge is 0.164 e. The monoisotopic (exact) mass is 516 g/mol. The maximum Gasteiger partial charge on any atom is 0.164 e. The van der Waals surface area contributed by atoms with Crippen molar-refractivity contribution in [3.05, 3.63) is 145 Å². The van der Waals surface area contributed by atoms with Crippen LogP contribution in [-0.2, 0) is 5.41 Å². The van der Waals surface area contributed by atoms with Crippen LogP contribution in [0.4, 0.5) is 17.1 Å². The molecule has 2 heterocycles. The number of anilines is 3. The van der Waals surface area contributed by atoms with Crippen LogP contribution in [0.15, 0.2) is 133 Å². The maximum absolute atomic E-state index is 4.96. The lowest BCUT2D eigenvalue weighted by molar-refractivity contribution is 0.632. The average Bonchev–Trinajstić information content (AvgIpc) is 3.02. The SMILES string of the molecule is CC1(C)c2ccccc2N(c2cccc(-c3nc(-c4ccccc4)nc(-c4ccccc4)n3)c2)c2ccccc21. The predicted octanol–water partition coefficient (Wildman–Crippen LogP) is 8.98. The highest BCUT2D eigenvalue weighted by molar-refractivity contribution is 5.87. The van der Waals surface area contributed by atoms with E-state index in [0.717, 1.165) is 22.4 Å². The van der Waals surface area contributed by atoms with Crippen molar-refractivity contribution in [2.45, 2.75) is 19.3 Å². The lowest BCUT2D eigenvalue weighted by Crippen LogP contribution is -2.30. The summed E-state index contributed by atoms with van der Waals surface area (Å²) in [6, 6.07) is 46.1. The molecule has 0 saturated carbocycles. The molecule has 1 aliphatic rings. The molecule has 40 heavy (non-hydrogen) atoms. The third kappa shape index (κ3) is 4.05. The molecule has 4 nitrogen and oxygen atoms in total. The van der Waals surface area contributed by atoms with Crippen molar-refractivity contribution in [3.63, 3.8) is 0 Å². The first-order valence-corrected chi connectivity index (χ1v) is 13.6. The molecule has 0 amide bonds. The van der Waals surface area contributed by atoms with Gasteiger partial charge in [-0.25, -0.2) is 15.0 Å². The highest BCUT2D eigenvalue weighted by Crippen LogP contribution is 2.51. The van der Waals surface area contributed by atoms with Crippen LogP contribution in [-0.4, -0.2) is 15.0 Å². The fraction of sp³-hybridized carbons (Fsp3) is 0.0833. The van der Waals surface area contributed by atoms with E-state index in [1.807, 2.05) is 60.7 Å². The second kappa shape index (κ2) is 9.58. The molecular weight excluding hydrogens is 488 g/mol. The Kier molecular flexibility index (Phi) is 5.75. The molecule has 192 valence electrons. The Morgan fingerprint density at radius 2 is 0.875 bits per heavy atom. The molecule has 5 aromatic carbocycles. The Morgan fingerprint density at radius 3 is 1.40 bits per heavy atom. The zero-order valence-corrected chi connectivity index (χ0v) is 22.5. The molecule has 0 radical (unpaired) electrons. The van der Waals surface area contributed by atoms with Crippen LogP contribution in [0.3, 0.4) is 0 Å². The number of fused-ring (bicyclic) bond motifs is 2. The summed E-state index contributed by atoms with van der Waals surface area (Å²) in [6.45, 7) is 4.61. The molecule has 0 bridgehead atoms. The van der Waals surface area contributed by atoms with Gasteiger partial charge in [0, 0.05) is 27.8 Å². The van der Waals surface area contributed by atoms with E-state index in [9.17, 15) is 0 Å². The van der Waals surface area contributed by atoms with Gasteiger partial charge in [-0.05, 0) is 35.4 Å². The lowest BCUT2D eigenvalue weighted by atomic mass is 9.73. The number of nitrogens with zero attached hydrogens (tertiary/aromatic N) is 4. The van der Waals surface area contributed by atoms with Crippen molar-refractivity contribution in [3.8, 4) is 34.2 Å². The summed E-state index contributed by atoms with van der Waals surface area (Å²) in [5.74, 6) is 1.96. The quantitative estimate of drug-likeness (QED) is 0.234. The van der Waals surface area contributed by atoms with Gasteiger partial charge < -0.3 is 4.90 Å². The summed E-state index contributed by atoms with van der Waals surface area (Å²) >= 11 is 0. The number of benzene rings is 5. The lowest BCUT2D eigenvalue weighted by Gasteiger charge is -2.42. The van der Waals surface area contributed by atoms with E-state index in [1.165, 1.54) is 22.5 Å². The molecule has 0 saturated heterocycles. The van der Waals surface area contributed by atoms with Crippen molar-refractivity contribution in [1.82, 2.24) is 15.0 Å². The van der Waals surface area contributed by atoms with Crippen LogP contribution in [0.5, 0.6) is 0 Å². The Labute approximate surface area is 234 Å². The van der Waals surface area contributed by atoms with E-state index in [2.05, 4.69) is 91.5 Å². The predicted molar refractivity (Wildman–Crippen MR) is 163 cm³/mol. The largest absolute Gasteiger partial charge is 0.310 e. The van der Waals surface area contributed by atoms with E-state index in [1.54, 1.807) is 0 Å². The maximum atomic E-state index is 4.96. The van der Waals surface area contributed by atoms with Crippen molar-refractivity contribution < 1.29 is 0 Å². The number of hydrogen-bond acceptors (Lipinski definition) is 4. The minimum Gasteiger partial charge on any atom is -0.310 e. The van der Waals surface area contributed by atoms with Gasteiger partial charge in [-0.1, -0.05) is 123 Å². The average molecular weight is 517 g/mol. The van der Waals surface area contributed by atoms with Gasteiger partial charge >= 0.3 is 0 Å². The van der Waals surface area contributed by atoms with Crippen LogP contribution in [0.25, 0.3) is 34.2 Å². The van der Waals surface area contributed by atoms with Crippen molar-refractivity contribution in [2.24, 2.45) is 0 Å². The molecule has 1 aliphatic heterocycles. The summed E-state index contributed by atoms with van der Waals surface area (Å²) < 4.78 is 0. The first-order valence-electron chi connectivity index (χ1n) is 13.6. The van der Waals surface area contributed by atoms with Gasteiger partial charge in [-0.2, -0.15) is 0 Å². The van der Waals surface area contributed by atoms with E-state index >= 15 is 0 Å². The second-order valence-corrected chi connectivity index (χ2v) is 10.6. The highest BCUT2D eigenvalue weighted by atomic mass is 15.2. The van der Waals surface area contributed by atoms with Crippen LogP contribution in [0, 0.1) is 0 Å². The molecule has 1 aromatic heterocycles. The third-order valence-electron chi connectivity index (χ3n) is 7.70. The van der Waals surface area contributed by atoms with Gasteiger partial charge in [0.15, 0.2) is 17.5 Å². The molecule has 0 fully saturated rings. The van der Waals surface area contributed by atoms with E-state index < -0.39 is 0 Å². The van der Waals surface area contributed by atoms with Crippen molar-refractivity contribution >= 4 is 17.1 Å². The fourth-order valence-electron chi connectivity index (χ4n) is 5.67. The zero-order valence-electron chi connectivity index (χ0n) is 22.5. The molecular formula is C36H28N4. The van der Waals surface area contributed by atoms with Gasteiger partial charge in [0.1, 0.15) is 0 Å². The number of hydrogen-bond donors (Lipinski definition) is 0. The number of para-hydroxylation sites is 2. The van der Waals surface area contributed by atoms with Crippen LogP contribution in [0.2, 0.25) is 0 Å². The Bertz CT molecular complexity index is 1720. The number of aromatic nitrogens is 3. The fourth-order valence-corrected chi connectivity index (χ4v) is 5.67. The molecule has 6 aromatic rings. The summed E-state index contributed by atoms with van der Waals surface area (Å²) in [5, 5.41) is 0. The topological polar surface area (TPSA) is 41.9 Å². The molecule has 0 N–H and O–H groups in total. The standard InChI is InChI=1S/C36H28N4/c1-36(2)29-20-9-11-22-31(29)40(32-23-12-10-21-30(32)36)28-19-13-18-27(24-28)35-38-33(25-14-5-3-6-15-25)37-34(39-35)26-16-7-4-8-17-26/h3-24H,1-2H3. The molecule has 0 aliphatic carbocycles. The molecule has 7 rings (SSSR count). The molecule has 4 heteroatoms. The van der Waals surface area contributed by atoms with Gasteiger partial charge in [0.2, 0.25) is 0 Å². The summed E-state index contributed by atoms with van der Waals surface area (Å²) in [7, 11) is 0. The Hall–Kier alpha value is -5.09. The molecule has 0 atom stereocenters. The molecule has 0 spiro atoms. The van der Waals surface area contributed by atoms with Gasteiger partial charge in [0.05, 0.1) is 11.4 Å². The summed E-state index contributed by atoms with van der Waals surface area (Å²) in [4.78, 5) is 17.1. The van der Waals surface area contributed by atoms with Gasteiger partial charge in [-0.3, -0.25) is 0 Å². The second-order valence-electron chi connectivity index (χ2n) is 10.6. The highest BCUT2D eigenvalue weighted by Gasteiger charge is 2.36. The molecule has 0 unspecified atom stereocenters. The minimum absolute atomic E-state index is 0.106. The van der Waals surface area contributed by atoms with Crippen LogP contribution >= 0.6 is 0 Å². The normalized spacial score (nSPS) is 13.4. The third-order valence-corrected chi connectivity index (χ3v) is 7.70. The summed E-state index contributed by atoms with van der Waals surface area (Å²) in [5.41, 5.74) is 8.80. The van der Waals surface area contributed by atoms with E-state index in [4.69, 9.17) is 15.0 Å². The van der Waals surface area contributed by atoms with Gasteiger partial charge in [-0.15, -0.1) is 0 Å². The van der Waals surface area contributed by atoms with Crippen molar-refractivity contribution in [1.29, 1.82) is 0 Å². The number of rotatable bonds is 4. The van der Waals surface area contributed by atoms with Crippen molar-refractivity contribution in [2.75, 3.05) is 4.90 Å². The van der Waals surface area contributed by atoms with E-state index in [0.29, 0.717) is 17.5 Å². The Morgan fingerprint density at radius 1 is 0.450 bits per heavy atom. The summed E-state index contributed by atoms with van der Waals surface area (Å²) in [6.07, 6.45) is 0. The van der Waals surface area contributed by atoms with E-state index in [-0.39, 0.29) is 5.41 Å². The van der Waals surface area contributed by atoms with Gasteiger partial charge in [0.25, 0.3) is 0 Å².